The molecule has 18 heavy (non-hydrogen) atoms. The van der Waals surface area contributed by atoms with Crippen LogP contribution in [0, 0.1) is 13.8 Å². The van der Waals surface area contributed by atoms with Gasteiger partial charge in [0.25, 0.3) is 0 Å². The highest BCUT2D eigenvalue weighted by molar-refractivity contribution is 5.50. The monoisotopic (exact) mass is 248 g/mol. The minimum absolute atomic E-state index is 0.536. The van der Waals surface area contributed by atoms with Crippen LogP contribution in [0.1, 0.15) is 48.9 Å². The summed E-state index contributed by atoms with van der Waals surface area (Å²) in [5, 5.41) is 8.64. The van der Waals surface area contributed by atoms with E-state index in [-0.39, 0.29) is 0 Å². The van der Waals surface area contributed by atoms with Crippen molar-refractivity contribution in [3.05, 3.63) is 16.8 Å². The summed E-state index contributed by atoms with van der Waals surface area (Å²) < 4.78 is 0. The zero-order valence-electron chi connectivity index (χ0n) is 11.7. The van der Waals surface area contributed by atoms with Gasteiger partial charge in [-0.2, -0.15) is 5.10 Å². The van der Waals surface area contributed by atoms with Crippen molar-refractivity contribution in [2.75, 3.05) is 11.9 Å². The first-order chi connectivity index (χ1) is 8.65. The number of aromatic nitrogens is 2. The third-order valence-electron chi connectivity index (χ3n) is 4.22. The van der Waals surface area contributed by atoms with Gasteiger partial charge >= 0.3 is 0 Å². The van der Waals surface area contributed by atoms with Gasteiger partial charge in [-0.3, -0.25) is 0 Å². The Morgan fingerprint density at radius 3 is 2.44 bits per heavy atom. The molecule has 100 valence electrons. The summed E-state index contributed by atoms with van der Waals surface area (Å²) in [6.07, 6.45) is 6.54. The van der Waals surface area contributed by atoms with Gasteiger partial charge in [-0.05, 0) is 32.3 Å². The van der Waals surface area contributed by atoms with Crippen LogP contribution in [-0.2, 0) is 6.54 Å². The van der Waals surface area contributed by atoms with Crippen molar-refractivity contribution >= 4 is 5.82 Å². The zero-order chi connectivity index (χ0) is 13.1. The van der Waals surface area contributed by atoms with Crippen LogP contribution in [0.5, 0.6) is 0 Å². The van der Waals surface area contributed by atoms with Gasteiger partial charge in [0.15, 0.2) is 5.82 Å². The lowest BCUT2D eigenvalue weighted by Gasteiger charge is -2.33. The molecule has 4 heteroatoms. The van der Waals surface area contributed by atoms with Crippen LogP contribution in [0.2, 0.25) is 0 Å². The Morgan fingerprint density at radius 2 is 1.83 bits per heavy atom. The molecule has 1 aromatic heterocycles. The van der Waals surface area contributed by atoms with Crippen molar-refractivity contribution in [1.29, 1.82) is 0 Å². The first kappa shape index (κ1) is 13.3. The number of hydrogen-bond acceptors (Lipinski definition) is 4. The fourth-order valence-corrected chi connectivity index (χ4v) is 2.81. The molecule has 0 radical (unpaired) electrons. The van der Waals surface area contributed by atoms with Crippen LogP contribution in [-0.4, -0.2) is 23.3 Å². The summed E-state index contributed by atoms with van der Waals surface area (Å²) in [5.74, 6) is 0.979. The molecule has 1 saturated carbocycles. The van der Waals surface area contributed by atoms with Crippen LogP contribution in [0.15, 0.2) is 0 Å². The second-order valence-electron chi connectivity index (χ2n) is 5.32. The zero-order valence-corrected chi connectivity index (χ0v) is 11.7. The normalized spacial score (nSPS) is 16.9. The molecular formula is C14H24N4. The highest BCUT2D eigenvalue weighted by Gasteiger charge is 2.22. The van der Waals surface area contributed by atoms with Crippen LogP contribution in [0.4, 0.5) is 5.82 Å². The number of anilines is 1. The highest BCUT2D eigenvalue weighted by atomic mass is 15.3. The van der Waals surface area contributed by atoms with Gasteiger partial charge in [0.05, 0.1) is 5.69 Å². The predicted molar refractivity (Wildman–Crippen MR) is 74.7 cm³/mol. The van der Waals surface area contributed by atoms with Gasteiger partial charge in [-0.25, -0.2) is 0 Å². The molecule has 0 aliphatic heterocycles. The molecule has 0 spiro atoms. The van der Waals surface area contributed by atoms with E-state index in [0.717, 1.165) is 17.1 Å². The number of rotatable bonds is 3. The molecule has 0 aromatic carbocycles. The molecule has 1 aliphatic carbocycles. The van der Waals surface area contributed by atoms with E-state index in [4.69, 9.17) is 5.73 Å². The summed E-state index contributed by atoms with van der Waals surface area (Å²) in [6, 6.07) is 0.598. The highest BCUT2D eigenvalue weighted by Crippen LogP contribution is 2.28. The second-order valence-corrected chi connectivity index (χ2v) is 5.32. The first-order valence-electron chi connectivity index (χ1n) is 6.90. The van der Waals surface area contributed by atoms with Gasteiger partial charge in [-0.15, -0.1) is 5.10 Å². The quantitative estimate of drug-likeness (QED) is 0.892. The van der Waals surface area contributed by atoms with E-state index < -0.39 is 0 Å². The van der Waals surface area contributed by atoms with Crippen molar-refractivity contribution in [3.63, 3.8) is 0 Å². The lowest BCUT2D eigenvalue weighted by molar-refractivity contribution is 0.424. The fraction of sp³-hybridized carbons (Fsp3) is 0.714. The Labute approximate surface area is 110 Å². The van der Waals surface area contributed by atoms with Gasteiger partial charge in [0.2, 0.25) is 0 Å². The third-order valence-corrected chi connectivity index (χ3v) is 4.22. The minimum Gasteiger partial charge on any atom is -0.355 e. The molecule has 1 aromatic rings. The average Bonchev–Trinajstić information content (AvgIpc) is 2.42. The number of nitrogens with zero attached hydrogens (tertiary/aromatic N) is 3. The van der Waals surface area contributed by atoms with Crippen molar-refractivity contribution in [2.24, 2.45) is 5.73 Å². The molecule has 1 heterocycles. The van der Waals surface area contributed by atoms with Crippen LogP contribution in [0.3, 0.4) is 0 Å². The van der Waals surface area contributed by atoms with Crippen molar-refractivity contribution in [2.45, 2.75) is 58.5 Å². The van der Waals surface area contributed by atoms with E-state index in [0.29, 0.717) is 12.6 Å². The van der Waals surface area contributed by atoms with Gasteiger partial charge in [0.1, 0.15) is 0 Å². The Hall–Kier alpha value is -1.16. The van der Waals surface area contributed by atoms with E-state index in [1.54, 1.807) is 0 Å². The average molecular weight is 248 g/mol. The van der Waals surface area contributed by atoms with E-state index in [1.807, 2.05) is 6.92 Å². The van der Waals surface area contributed by atoms with Crippen molar-refractivity contribution < 1.29 is 0 Å². The number of nitrogens with two attached hydrogens (primary N) is 1. The summed E-state index contributed by atoms with van der Waals surface area (Å²) in [4.78, 5) is 2.29. The van der Waals surface area contributed by atoms with Crippen molar-refractivity contribution in [3.8, 4) is 0 Å². The maximum atomic E-state index is 5.89. The van der Waals surface area contributed by atoms with E-state index in [1.165, 1.54) is 37.7 Å². The first-order valence-corrected chi connectivity index (χ1v) is 6.90. The molecule has 0 atom stereocenters. The van der Waals surface area contributed by atoms with Crippen molar-refractivity contribution in [1.82, 2.24) is 10.2 Å². The van der Waals surface area contributed by atoms with Crippen LogP contribution in [0.25, 0.3) is 0 Å². The predicted octanol–water partition coefficient (Wildman–Crippen LogP) is 2.32. The molecule has 0 saturated heterocycles. The topological polar surface area (TPSA) is 55.0 Å². The number of aryl methyl sites for hydroxylation is 1. The molecule has 0 amide bonds. The Kier molecular flexibility index (Phi) is 4.17. The maximum Gasteiger partial charge on any atom is 0.156 e. The summed E-state index contributed by atoms with van der Waals surface area (Å²) in [5.41, 5.74) is 9.21. The lowest BCUT2D eigenvalue weighted by Crippen LogP contribution is -2.35. The fourth-order valence-electron chi connectivity index (χ4n) is 2.81. The Balaban J connectivity index is 2.28. The summed E-state index contributed by atoms with van der Waals surface area (Å²) >= 11 is 0. The Bertz CT molecular complexity index is 411. The molecule has 1 fully saturated rings. The molecule has 0 unspecified atom stereocenters. The van der Waals surface area contributed by atoms with E-state index in [9.17, 15) is 0 Å². The molecule has 2 N–H and O–H groups in total. The number of hydrogen-bond donors (Lipinski definition) is 1. The van der Waals surface area contributed by atoms with Gasteiger partial charge in [-0.1, -0.05) is 19.3 Å². The molecule has 2 rings (SSSR count). The molecule has 1 aliphatic rings. The molecular weight excluding hydrogens is 224 g/mol. The standard InChI is InChI=1S/C14H24N4/c1-10-11(2)16-17-14(13(10)9-15)18(3)12-7-5-4-6-8-12/h12H,4-9,15H2,1-3H3. The van der Waals surface area contributed by atoms with Gasteiger partial charge < -0.3 is 10.6 Å². The third kappa shape index (κ3) is 2.48. The smallest absolute Gasteiger partial charge is 0.156 e. The lowest BCUT2D eigenvalue weighted by atomic mass is 9.94. The summed E-state index contributed by atoms with van der Waals surface area (Å²) in [6.45, 7) is 4.62. The second kappa shape index (κ2) is 5.65. The molecule has 4 nitrogen and oxygen atoms in total. The SMILES string of the molecule is Cc1nnc(N(C)C2CCCCC2)c(CN)c1C. The van der Waals surface area contributed by atoms with Crippen LogP contribution < -0.4 is 10.6 Å². The summed E-state index contributed by atoms with van der Waals surface area (Å²) in [7, 11) is 2.13. The molecule has 0 bridgehead atoms. The van der Waals surface area contributed by atoms with Gasteiger partial charge in [0, 0.05) is 25.2 Å². The van der Waals surface area contributed by atoms with Crippen LogP contribution >= 0.6 is 0 Å². The van der Waals surface area contributed by atoms with E-state index in [2.05, 4.69) is 29.1 Å². The maximum absolute atomic E-state index is 5.89. The van der Waals surface area contributed by atoms with E-state index >= 15 is 0 Å². The Morgan fingerprint density at radius 1 is 1.17 bits per heavy atom. The largest absolute Gasteiger partial charge is 0.355 e. The minimum atomic E-state index is 0.536.